The molecule has 0 spiro atoms. The summed E-state index contributed by atoms with van der Waals surface area (Å²) in [5.41, 5.74) is 4.95. The molecule has 1 atom stereocenters. The maximum absolute atomic E-state index is 5.82. The molecule has 0 aromatic carbocycles. The summed E-state index contributed by atoms with van der Waals surface area (Å²) in [5.74, 6) is 0.534. The Morgan fingerprint density at radius 2 is 1.97 bits per heavy atom. The van der Waals surface area contributed by atoms with E-state index in [0.29, 0.717) is 28.2 Å². The molecule has 0 aliphatic carbocycles. The monoisotopic (exact) mass is 482 g/mol. The smallest absolute Gasteiger partial charge is 0.271 e. The van der Waals surface area contributed by atoms with Gasteiger partial charge in [0.05, 0.1) is 11.9 Å². The number of oxazole rings is 1. The van der Waals surface area contributed by atoms with Crippen LogP contribution in [-0.2, 0) is 0 Å². The number of nitrogens with zero attached hydrogens (tertiary/aromatic N) is 9. The third-order valence-corrected chi connectivity index (χ3v) is 5.73. The predicted octanol–water partition coefficient (Wildman–Crippen LogP) is 2.35. The Balaban J connectivity index is 1.68. The van der Waals surface area contributed by atoms with E-state index in [9.17, 15) is 0 Å². The average molecular weight is 482 g/mol. The molecule has 7 rings (SSSR count). The number of tetrazole rings is 1. The molecule has 0 bridgehead atoms. The maximum atomic E-state index is 5.82. The van der Waals surface area contributed by atoms with Crippen molar-refractivity contribution in [1.82, 2.24) is 56.3 Å². The minimum absolute atomic E-state index is 0.255. The molecule has 0 amide bonds. The molecule has 36 heavy (non-hydrogen) atoms. The second-order valence-corrected chi connectivity index (χ2v) is 7.60. The van der Waals surface area contributed by atoms with Crippen LogP contribution in [0.3, 0.4) is 0 Å². The summed E-state index contributed by atoms with van der Waals surface area (Å²) >= 11 is 0. The fourth-order valence-corrected chi connectivity index (χ4v) is 4.42. The van der Waals surface area contributed by atoms with E-state index in [1.807, 2.05) is 29.3 Å². The summed E-state index contributed by atoms with van der Waals surface area (Å²) in [7, 11) is 0. The van der Waals surface area contributed by atoms with Gasteiger partial charge >= 0.3 is 0 Å². The number of H-pyrrole nitrogens is 3. The van der Waals surface area contributed by atoms with Crippen LogP contribution in [-0.4, -0.2) is 56.3 Å². The Bertz CT molecular complexity index is 1490. The number of allylic oxidation sites excluding steroid dienone is 2. The molecule has 1 aliphatic heterocycles. The summed E-state index contributed by atoms with van der Waals surface area (Å²) in [4.78, 5) is 9.59. The highest BCUT2D eigenvalue weighted by Gasteiger charge is 2.44. The molecule has 6 aromatic heterocycles. The van der Waals surface area contributed by atoms with Crippen molar-refractivity contribution < 1.29 is 13.5 Å². The topological polar surface area (TPSA) is 193 Å². The van der Waals surface area contributed by atoms with Gasteiger partial charge in [-0.3, -0.25) is 10.00 Å². The number of hydrogen-bond donors (Lipinski definition) is 3. The maximum Gasteiger partial charge on any atom is 0.271 e. The zero-order chi connectivity index (χ0) is 23.9. The van der Waals surface area contributed by atoms with Crippen molar-refractivity contribution in [3.63, 3.8) is 0 Å². The Kier molecular flexibility index (Phi) is 4.41. The fourth-order valence-electron chi connectivity index (χ4n) is 4.42. The van der Waals surface area contributed by atoms with Crippen LogP contribution in [0.25, 0.3) is 22.4 Å². The van der Waals surface area contributed by atoms with Crippen LogP contribution < -0.4 is 4.90 Å². The predicted molar refractivity (Wildman–Crippen MR) is 120 cm³/mol. The van der Waals surface area contributed by atoms with Crippen molar-refractivity contribution in [2.24, 2.45) is 0 Å². The first kappa shape index (κ1) is 19.8. The van der Waals surface area contributed by atoms with Gasteiger partial charge in [-0.25, -0.2) is 4.98 Å². The van der Waals surface area contributed by atoms with Gasteiger partial charge < -0.3 is 18.4 Å². The average Bonchev–Trinajstić information content (AvgIpc) is 3.78. The van der Waals surface area contributed by atoms with Gasteiger partial charge in [-0.1, -0.05) is 10.3 Å². The molecule has 0 radical (unpaired) electrons. The van der Waals surface area contributed by atoms with Gasteiger partial charge in [0.1, 0.15) is 35.7 Å². The first-order valence-corrected chi connectivity index (χ1v) is 10.6. The van der Waals surface area contributed by atoms with E-state index in [2.05, 4.69) is 56.3 Å². The van der Waals surface area contributed by atoms with Crippen LogP contribution in [0.2, 0.25) is 0 Å². The second kappa shape index (κ2) is 8.01. The lowest BCUT2D eigenvalue weighted by Crippen LogP contribution is -2.34. The molecule has 15 nitrogen and oxygen atoms in total. The van der Waals surface area contributed by atoms with Crippen LogP contribution in [0.15, 0.2) is 75.1 Å². The first-order valence-electron chi connectivity index (χ1n) is 10.6. The lowest BCUT2D eigenvalue weighted by Gasteiger charge is -2.38. The largest absolute Gasteiger partial charge is 0.443 e. The van der Waals surface area contributed by atoms with Crippen LogP contribution in [0.5, 0.6) is 0 Å². The first-order chi connectivity index (χ1) is 17.9. The summed E-state index contributed by atoms with van der Waals surface area (Å²) in [5, 5.41) is 34.4. The van der Waals surface area contributed by atoms with Crippen molar-refractivity contribution in [2.75, 3.05) is 4.90 Å². The highest BCUT2D eigenvalue weighted by atomic mass is 16.5. The molecule has 0 fully saturated rings. The lowest BCUT2D eigenvalue weighted by atomic mass is 9.82. The summed E-state index contributed by atoms with van der Waals surface area (Å²) < 4.78 is 16.2. The number of hydrogen-bond acceptors (Lipinski definition) is 12. The van der Waals surface area contributed by atoms with Gasteiger partial charge in [0.15, 0.2) is 6.26 Å². The Labute approximate surface area is 199 Å². The third-order valence-electron chi connectivity index (χ3n) is 5.73. The molecule has 7 heterocycles. The Hall–Kier alpha value is -5.60. The molecule has 3 N–H and O–H groups in total. The molecule has 1 unspecified atom stereocenters. The SMILES string of the molecule is c1c[nH]c(C2=C(c3conn3)C(c3ccon3)=C(c3ncco3)N(c3nn[nH]n3)C2c2ccn[nH]2)c1. The highest BCUT2D eigenvalue weighted by molar-refractivity contribution is 6.24. The van der Waals surface area contributed by atoms with Gasteiger partial charge in [-0.05, 0) is 23.4 Å². The summed E-state index contributed by atoms with van der Waals surface area (Å²) in [6.07, 6.45) is 9.44. The zero-order valence-corrected chi connectivity index (χ0v) is 18.1. The standard InChI is InChI=1S/C21H14N12O3/c1-2-11(22-5-1)16-15(14-10-36-32-26-14)17(12-4-8-35-29-12)19(20-23-7-9-34-20)33(21-27-30-31-28-21)18(16)13-3-6-24-25-13/h1-10,18,22H,(H,24,25)(H,27,28,30,31). The Morgan fingerprint density at radius 3 is 2.64 bits per heavy atom. The van der Waals surface area contributed by atoms with Crippen molar-refractivity contribution in [3.8, 4) is 0 Å². The van der Waals surface area contributed by atoms with Crippen molar-refractivity contribution in [2.45, 2.75) is 6.04 Å². The molecular weight excluding hydrogens is 468 g/mol. The minimum Gasteiger partial charge on any atom is -0.443 e. The van der Waals surface area contributed by atoms with Crippen LogP contribution in [0.4, 0.5) is 5.95 Å². The van der Waals surface area contributed by atoms with E-state index in [4.69, 9.17) is 13.5 Å². The molecule has 0 saturated carbocycles. The van der Waals surface area contributed by atoms with E-state index in [-0.39, 0.29) is 11.8 Å². The number of rotatable bonds is 6. The fraction of sp³-hybridized carbons (Fsp3) is 0.0476. The second-order valence-electron chi connectivity index (χ2n) is 7.60. The quantitative estimate of drug-likeness (QED) is 0.314. The summed E-state index contributed by atoms with van der Waals surface area (Å²) in [6.45, 7) is 0. The lowest BCUT2D eigenvalue weighted by molar-refractivity contribution is 0.393. The molecule has 1 aliphatic rings. The minimum atomic E-state index is -0.576. The Morgan fingerprint density at radius 1 is 0.972 bits per heavy atom. The van der Waals surface area contributed by atoms with E-state index >= 15 is 0 Å². The highest BCUT2D eigenvalue weighted by Crippen LogP contribution is 2.53. The van der Waals surface area contributed by atoms with Gasteiger partial charge in [-0.2, -0.15) is 10.3 Å². The van der Waals surface area contributed by atoms with Gasteiger partial charge in [0.25, 0.3) is 5.95 Å². The van der Waals surface area contributed by atoms with Crippen LogP contribution in [0, 0.1) is 0 Å². The van der Waals surface area contributed by atoms with E-state index < -0.39 is 6.04 Å². The van der Waals surface area contributed by atoms with Crippen LogP contribution in [0.1, 0.15) is 34.7 Å². The van der Waals surface area contributed by atoms with E-state index in [1.54, 1.807) is 18.5 Å². The molecule has 176 valence electrons. The number of aromatic amines is 3. The molecular formula is C21H14N12O3. The van der Waals surface area contributed by atoms with Crippen LogP contribution >= 0.6 is 0 Å². The number of aromatic nitrogens is 11. The zero-order valence-electron chi connectivity index (χ0n) is 18.1. The van der Waals surface area contributed by atoms with Crippen molar-refractivity contribution >= 4 is 28.4 Å². The van der Waals surface area contributed by atoms with Crippen molar-refractivity contribution in [1.29, 1.82) is 0 Å². The molecule has 15 heteroatoms. The summed E-state index contributed by atoms with van der Waals surface area (Å²) in [6, 6.07) is 6.84. The van der Waals surface area contributed by atoms with Gasteiger partial charge in [0.2, 0.25) is 5.89 Å². The third kappa shape index (κ3) is 2.99. The van der Waals surface area contributed by atoms with Gasteiger partial charge in [-0.15, -0.1) is 10.2 Å². The normalized spacial score (nSPS) is 16.3. The van der Waals surface area contributed by atoms with Gasteiger partial charge in [0, 0.05) is 46.1 Å². The number of anilines is 1. The number of nitrogens with one attached hydrogen (secondary N) is 3. The molecule has 6 aromatic rings. The van der Waals surface area contributed by atoms with Crippen molar-refractivity contribution in [3.05, 3.63) is 90.3 Å². The van der Waals surface area contributed by atoms with E-state index in [1.165, 1.54) is 18.8 Å². The van der Waals surface area contributed by atoms with E-state index in [0.717, 1.165) is 17.0 Å². The molecule has 0 saturated heterocycles.